The fraction of sp³-hybridized carbons (Fsp3) is 0.640. The fourth-order valence-electron chi connectivity index (χ4n) is 4.39. The van der Waals surface area contributed by atoms with Crippen LogP contribution in [0.15, 0.2) is 24.3 Å². The lowest BCUT2D eigenvalue weighted by atomic mass is 9.69. The number of hydrogen-bond acceptors (Lipinski definition) is 6. The van der Waals surface area contributed by atoms with Gasteiger partial charge in [-0.25, -0.2) is 4.79 Å². The summed E-state index contributed by atoms with van der Waals surface area (Å²) in [5.74, 6) is -1.07. The number of Topliss-reactive ketones (excluding diaryl/α,β-unsaturated/α-hetero) is 1. The summed E-state index contributed by atoms with van der Waals surface area (Å²) in [6.45, 7) is 12.1. The molecule has 0 spiro atoms. The standard InChI is InChI=1S/C25H38ClN3O6/c1-14(2)20(27-23(34)28-25(6,7)35-22(33)15(3)30)21(32)29-12-18(31)19(24(4,5)13-29)16-8-10-17(26)11-9-16/h8-11,14-15,19-20,22,30,33H,12-13H2,1-7H3,(H2,27,28,34). The highest BCUT2D eigenvalue weighted by atomic mass is 35.5. The maximum Gasteiger partial charge on any atom is 0.317 e. The number of amides is 3. The lowest BCUT2D eigenvalue weighted by molar-refractivity contribution is -0.216. The SMILES string of the molecule is CC(C)C(NC(=O)NC(C)(C)OC(O)C(C)O)C(=O)N1CC(=O)C(c2ccc(Cl)cc2)C(C)(C)C1. The normalized spacial score (nSPS) is 20.8. The summed E-state index contributed by atoms with van der Waals surface area (Å²) in [5, 5.41) is 25.0. The molecule has 1 aliphatic heterocycles. The third-order valence-corrected chi connectivity index (χ3v) is 6.28. The van der Waals surface area contributed by atoms with Gasteiger partial charge >= 0.3 is 6.03 Å². The maximum atomic E-state index is 13.4. The largest absolute Gasteiger partial charge is 0.388 e. The number of hydrogen-bond donors (Lipinski definition) is 4. The van der Waals surface area contributed by atoms with E-state index < -0.39 is 35.6 Å². The van der Waals surface area contributed by atoms with Crippen LogP contribution < -0.4 is 10.6 Å². The van der Waals surface area contributed by atoms with E-state index in [1.54, 1.807) is 26.0 Å². The third-order valence-electron chi connectivity index (χ3n) is 6.03. The van der Waals surface area contributed by atoms with E-state index in [-0.39, 0.29) is 30.1 Å². The number of nitrogens with one attached hydrogen (secondary N) is 2. The molecule has 1 saturated heterocycles. The van der Waals surface area contributed by atoms with Crippen LogP contribution in [0.3, 0.4) is 0 Å². The van der Waals surface area contributed by atoms with Gasteiger partial charge in [0.1, 0.15) is 17.9 Å². The van der Waals surface area contributed by atoms with Crippen molar-refractivity contribution in [1.29, 1.82) is 0 Å². The van der Waals surface area contributed by atoms with Crippen LogP contribution in [0.4, 0.5) is 4.79 Å². The van der Waals surface area contributed by atoms with Crippen molar-refractivity contribution in [1.82, 2.24) is 15.5 Å². The second kappa shape index (κ2) is 11.2. The van der Waals surface area contributed by atoms with Crippen LogP contribution >= 0.6 is 11.6 Å². The predicted octanol–water partition coefficient (Wildman–Crippen LogP) is 2.64. The minimum Gasteiger partial charge on any atom is -0.388 e. The average molecular weight is 512 g/mol. The molecule has 0 bridgehead atoms. The number of aliphatic hydroxyl groups is 2. The van der Waals surface area contributed by atoms with Crippen molar-refractivity contribution in [3.63, 3.8) is 0 Å². The first-order chi connectivity index (χ1) is 16.0. The highest BCUT2D eigenvalue weighted by molar-refractivity contribution is 6.30. The molecule has 1 fully saturated rings. The smallest absolute Gasteiger partial charge is 0.317 e. The number of likely N-dealkylation sites (tertiary alicyclic amines) is 1. The van der Waals surface area contributed by atoms with Crippen LogP contribution in [-0.4, -0.2) is 70.1 Å². The quantitative estimate of drug-likeness (QED) is 0.397. The lowest BCUT2D eigenvalue weighted by Gasteiger charge is -2.44. The summed E-state index contributed by atoms with van der Waals surface area (Å²) < 4.78 is 5.28. The number of rotatable bonds is 8. The van der Waals surface area contributed by atoms with E-state index in [0.717, 1.165) is 5.56 Å². The van der Waals surface area contributed by atoms with Gasteiger partial charge in [-0.3, -0.25) is 9.59 Å². The molecule has 0 aromatic heterocycles. The molecule has 3 amide bonds. The van der Waals surface area contributed by atoms with Gasteiger partial charge in [0.25, 0.3) is 0 Å². The van der Waals surface area contributed by atoms with Gasteiger partial charge in [0, 0.05) is 11.6 Å². The molecule has 196 valence electrons. The summed E-state index contributed by atoms with van der Waals surface area (Å²) in [6.07, 6.45) is -2.65. The molecule has 0 saturated carbocycles. The Morgan fingerprint density at radius 2 is 1.74 bits per heavy atom. The third kappa shape index (κ3) is 7.64. The molecule has 1 aromatic carbocycles. The van der Waals surface area contributed by atoms with Crippen LogP contribution in [0.5, 0.6) is 0 Å². The molecule has 35 heavy (non-hydrogen) atoms. The van der Waals surface area contributed by atoms with Gasteiger partial charge in [-0.15, -0.1) is 0 Å². The first kappa shape index (κ1) is 29.0. The average Bonchev–Trinajstić information content (AvgIpc) is 2.70. The molecular formula is C25H38ClN3O6. The lowest BCUT2D eigenvalue weighted by Crippen LogP contribution is -2.61. The Labute approximate surface area is 212 Å². The zero-order valence-electron chi connectivity index (χ0n) is 21.5. The van der Waals surface area contributed by atoms with Crippen molar-refractivity contribution >= 4 is 29.3 Å². The summed E-state index contributed by atoms with van der Waals surface area (Å²) in [4.78, 5) is 40.8. The number of halogens is 1. The molecule has 10 heteroatoms. The van der Waals surface area contributed by atoms with E-state index in [0.29, 0.717) is 11.6 Å². The number of ketones is 1. The van der Waals surface area contributed by atoms with Crippen molar-refractivity contribution < 1.29 is 29.3 Å². The molecule has 9 nitrogen and oxygen atoms in total. The van der Waals surface area contributed by atoms with Gasteiger partial charge < -0.3 is 30.5 Å². The zero-order valence-corrected chi connectivity index (χ0v) is 22.2. The van der Waals surface area contributed by atoms with Crippen LogP contribution in [0.1, 0.15) is 59.9 Å². The first-order valence-electron chi connectivity index (χ1n) is 11.7. The topological polar surface area (TPSA) is 128 Å². The van der Waals surface area contributed by atoms with Gasteiger partial charge in [-0.05, 0) is 49.8 Å². The molecule has 4 N–H and O–H groups in total. The number of aliphatic hydroxyl groups excluding tert-OH is 2. The van der Waals surface area contributed by atoms with Crippen LogP contribution in [0, 0.1) is 11.3 Å². The van der Waals surface area contributed by atoms with E-state index in [2.05, 4.69) is 10.6 Å². The van der Waals surface area contributed by atoms with Crippen LogP contribution in [0.2, 0.25) is 5.02 Å². The van der Waals surface area contributed by atoms with Crippen LogP contribution in [-0.2, 0) is 14.3 Å². The Kier molecular flexibility index (Phi) is 9.33. The van der Waals surface area contributed by atoms with Crippen molar-refractivity contribution in [3.8, 4) is 0 Å². The zero-order chi connectivity index (χ0) is 26.7. The Balaban J connectivity index is 2.12. The number of piperidine rings is 1. The maximum absolute atomic E-state index is 13.4. The Hall–Kier alpha value is -2.20. The molecule has 0 radical (unpaired) electrons. The number of carbonyl (C=O) groups is 3. The molecule has 4 unspecified atom stereocenters. The summed E-state index contributed by atoms with van der Waals surface area (Å²) >= 11 is 6.00. The molecule has 4 atom stereocenters. The summed E-state index contributed by atoms with van der Waals surface area (Å²) in [7, 11) is 0. The molecule has 1 aliphatic rings. The van der Waals surface area contributed by atoms with E-state index in [4.69, 9.17) is 16.3 Å². The minimum atomic E-state index is -1.50. The highest BCUT2D eigenvalue weighted by Crippen LogP contribution is 2.40. The van der Waals surface area contributed by atoms with Gasteiger partial charge in [-0.1, -0.05) is 51.4 Å². The molecule has 2 rings (SSSR count). The van der Waals surface area contributed by atoms with Crippen molar-refractivity contribution in [3.05, 3.63) is 34.9 Å². The van der Waals surface area contributed by atoms with E-state index >= 15 is 0 Å². The Morgan fingerprint density at radius 1 is 1.17 bits per heavy atom. The molecule has 1 heterocycles. The van der Waals surface area contributed by atoms with Crippen molar-refractivity contribution in [2.24, 2.45) is 11.3 Å². The van der Waals surface area contributed by atoms with Gasteiger partial charge in [0.15, 0.2) is 12.1 Å². The second-order valence-corrected chi connectivity index (χ2v) is 11.1. The van der Waals surface area contributed by atoms with E-state index in [1.165, 1.54) is 25.7 Å². The van der Waals surface area contributed by atoms with E-state index in [1.807, 2.05) is 26.0 Å². The second-order valence-electron chi connectivity index (χ2n) is 10.7. The number of urea groups is 1. The highest BCUT2D eigenvalue weighted by Gasteiger charge is 2.45. The molecular weight excluding hydrogens is 474 g/mol. The van der Waals surface area contributed by atoms with Crippen molar-refractivity contribution in [2.75, 3.05) is 13.1 Å². The van der Waals surface area contributed by atoms with Crippen LogP contribution in [0.25, 0.3) is 0 Å². The summed E-state index contributed by atoms with van der Waals surface area (Å²) in [6, 6.07) is 5.61. The Morgan fingerprint density at radius 3 is 2.23 bits per heavy atom. The monoisotopic (exact) mass is 511 g/mol. The first-order valence-corrected chi connectivity index (χ1v) is 12.1. The number of nitrogens with zero attached hydrogens (tertiary/aromatic N) is 1. The fourth-order valence-corrected chi connectivity index (χ4v) is 4.52. The van der Waals surface area contributed by atoms with Crippen molar-refractivity contribution in [2.45, 2.75) is 78.5 Å². The number of ether oxygens (including phenoxy) is 1. The number of benzene rings is 1. The predicted molar refractivity (Wildman–Crippen MR) is 133 cm³/mol. The molecule has 1 aromatic rings. The van der Waals surface area contributed by atoms with Gasteiger partial charge in [-0.2, -0.15) is 0 Å². The van der Waals surface area contributed by atoms with Gasteiger partial charge in [0.2, 0.25) is 5.91 Å². The minimum absolute atomic E-state index is 0.0583. The molecule has 0 aliphatic carbocycles. The van der Waals surface area contributed by atoms with E-state index in [9.17, 15) is 24.6 Å². The number of carbonyl (C=O) groups excluding carboxylic acids is 3. The Bertz CT molecular complexity index is 916. The van der Waals surface area contributed by atoms with Gasteiger partial charge in [0.05, 0.1) is 12.5 Å². The summed E-state index contributed by atoms with van der Waals surface area (Å²) in [5.41, 5.74) is -0.994.